The molecule has 0 saturated carbocycles. The molecule has 1 fully saturated rings. The maximum atomic E-state index is 11.3. The molecule has 0 bridgehead atoms. The quantitative estimate of drug-likeness (QED) is 0.917. The van der Waals surface area contributed by atoms with Gasteiger partial charge in [0.15, 0.2) is 0 Å². The predicted octanol–water partition coefficient (Wildman–Crippen LogP) is 3.24. The number of carbonyl (C=O) groups is 1. The number of hydrogen-bond donors (Lipinski definition) is 1. The number of benzene rings is 2. The van der Waals surface area contributed by atoms with Crippen molar-refractivity contribution in [1.82, 2.24) is 4.90 Å². The first-order chi connectivity index (χ1) is 11.6. The molecular weight excluding hydrogens is 300 g/mol. The maximum absolute atomic E-state index is 11.3. The summed E-state index contributed by atoms with van der Waals surface area (Å²) in [7, 11) is 0. The van der Waals surface area contributed by atoms with Crippen molar-refractivity contribution in [3.05, 3.63) is 66.2 Å². The Morgan fingerprint density at radius 3 is 2.29 bits per heavy atom. The Morgan fingerprint density at radius 1 is 1.04 bits per heavy atom. The molecule has 0 aromatic heterocycles. The van der Waals surface area contributed by atoms with Gasteiger partial charge < -0.3 is 10.0 Å². The van der Waals surface area contributed by atoms with Gasteiger partial charge in [0.25, 0.3) is 0 Å². The Morgan fingerprint density at radius 2 is 1.67 bits per heavy atom. The van der Waals surface area contributed by atoms with Crippen LogP contribution in [0.2, 0.25) is 0 Å². The second kappa shape index (κ2) is 7.49. The lowest BCUT2D eigenvalue weighted by Gasteiger charge is -2.46. The van der Waals surface area contributed by atoms with Gasteiger partial charge in [-0.1, -0.05) is 48.5 Å². The normalized spacial score (nSPS) is 21.6. The molecule has 1 aliphatic rings. The van der Waals surface area contributed by atoms with E-state index < -0.39 is 5.97 Å². The minimum atomic E-state index is -0.741. The van der Waals surface area contributed by atoms with Crippen LogP contribution in [0.4, 0.5) is 5.69 Å². The van der Waals surface area contributed by atoms with Crippen molar-refractivity contribution < 1.29 is 9.90 Å². The second-order valence-electron chi connectivity index (χ2n) is 6.50. The molecule has 126 valence electrons. The van der Waals surface area contributed by atoms with Crippen LogP contribution in [0, 0.1) is 0 Å². The molecule has 2 aromatic rings. The third-order valence-electron chi connectivity index (χ3n) is 4.70. The zero-order valence-electron chi connectivity index (χ0n) is 14.0. The standard InChI is InChI=1S/C20H24N2O2/c1-16-13-22(18-10-6-3-7-11-18)19(12-20(23)24)15-21(16)14-17-8-4-2-5-9-17/h2-11,16,19H,12-15H2,1H3,(H,23,24). The fourth-order valence-electron chi connectivity index (χ4n) is 3.45. The first kappa shape index (κ1) is 16.5. The summed E-state index contributed by atoms with van der Waals surface area (Å²) in [5.41, 5.74) is 2.38. The van der Waals surface area contributed by atoms with Gasteiger partial charge in [-0.05, 0) is 24.6 Å². The monoisotopic (exact) mass is 324 g/mol. The molecule has 1 heterocycles. The molecule has 3 rings (SSSR count). The molecule has 24 heavy (non-hydrogen) atoms. The van der Waals surface area contributed by atoms with Gasteiger partial charge in [-0.15, -0.1) is 0 Å². The van der Waals surface area contributed by atoms with Crippen molar-refractivity contribution in [2.75, 3.05) is 18.0 Å². The van der Waals surface area contributed by atoms with Crippen molar-refractivity contribution in [2.24, 2.45) is 0 Å². The maximum Gasteiger partial charge on any atom is 0.305 e. The lowest BCUT2D eigenvalue weighted by atomic mass is 10.0. The summed E-state index contributed by atoms with van der Waals surface area (Å²) in [6.45, 7) is 4.68. The van der Waals surface area contributed by atoms with Crippen molar-refractivity contribution >= 4 is 11.7 Å². The number of nitrogens with zero attached hydrogens (tertiary/aromatic N) is 2. The molecule has 2 aromatic carbocycles. The van der Waals surface area contributed by atoms with Crippen molar-refractivity contribution in [2.45, 2.75) is 32.0 Å². The van der Waals surface area contributed by atoms with Crippen LogP contribution in [-0.2, 0) is 11.3 Å². The van der Waals surface area contributed by atoms with E-state index in [1.807, 2.05) is 24.3 Å². The van der Waals surface area contributed by atoms with E-state index >= 15 is 0 Å². The fraction of sp³-hybridized carbons (Fsp3) is 0.350. The molecule has 0 radical (unpaired) electrons. The predicted molar refractivity (Wildman–Crippen MR) is 96.1 cm³/mol. The van der Waals surface area contributed by atoms with E-state index in [1.54, 1.807) is 0 Å². The number of para-hydroxylation sites is 1. The molecule has 1 N–H and O–H groups in total. The third-order valence-corrected chi connectivity index (χ3v) is 4.70. The van der Waals surface area contributed by atoms with Crippen LogP contribution in [0.25, 0.3) is 0 Å². The summed E-state index contributed by atoms with van der Waals surface area (Å²) < 4.78 is 0. The second-order valence-corrected chi connectivity index (χ2v) is 6.50. The third kappa shape index (κ3) is 3.95. The summed E-state index contributed by atoms with van der Waals surface area (Å²) in [6.07, 6.45) is 0.160. The van der Waals surface area contributed by atoms with Gasteiger partial charge in [-0.2, -0.15) is 0 Å². The van der Waals surface area contributed by atoms with E-state index in [-0.39, 0.29) is 12.5 Å². The zero-order chi connectivity index (χ0) is 16.9. The van der Waals surface area contributed by atoms with Crippen LogP contribution in [-0.4, -0.2) is 41.1 Å². The SMILES string of the molecule is CC1CN(c2ccccc2)C(CC(=O)O)CN1Cc1ccccc1. The molecule has 1 saturated heterocycles. The highest BCUT2D eigenvalue weighted by Gasteiger charge is 2.32. The fourth-order valence-corrected chi connectivity index (χ4v) is 3.45. The van der Waals surface area contributed by atoms with Crippen LogP contribution < -0.4 is 4.90 Å². The Labute approximate surface area is 143 Å². The molecule has 0 spiro atoms. The van der Waals surface area contributed by atoms with E-state index in [0.29, 0.717) is 6.04 Å². The molecule has 1 aliphatic heterocycles. The average molecular weight is 324 g/mol. The number of carboxylic acids is 1. The van der Waals surface area contributed by atoms with Gasteiger partial charge in [0, 0.05) is 31.4 Å². The average Bonchev–Trinajstić information content (AvgIpc) is 2.59. The lowest BCUT2D eigenvalue weighted by Crippen LogP contribution is -2.57. The number of hydrogen-bond acceptors (Lipinski definition) is 3. The van der Waals surface area contributed by atoms with Gasteiger partial charge in [-0.25, -0.2) is 0 Å². The Kier molecular flexibility index (Phi) is 5.16. The molecule has 4 heteroatoms. The van der Waals surface area contributed by atoms with Crippen LogP contribution >= 0.6 is 0 Å². The van der Waals surface area contributed by atoms with E-state index in [1.165, 1.54) is 5.56 Å². The van der Waals surface area contributed by atoms with Crippen LogP contribution in [0.1, 0.15) is 18.9 Å². The topological polar surface area (TPSA) is 43.8 Å². The van der Waals surface area contributed by atoms with Gasteiger partial charge in [0.1, 0.15) is 0 Å². The number of aliphatic carboxylic acids is 1. The Balaban J connectivity index is 1.78. The lowest BCUT2D eigenvalue weighted by molar-refractivity contribution is -0.137. The van der Waals surface area contributed by atoms with E-state index in [9.17, 15) is 9.90 Å². The summed E-state index contributed by atoms with van der Waals surface area (Å²) in [5, 5.41) is 9.33. The first-order valence-electron chi connectivity index (χ1n) is 8.45. The van der Waals surface area contributed by atoms with Crippen molar-refractivity contribution in [1.29, 1.82) is 0 Å². The molecule has 2 unspecified atom stereocenters. The number of piperazine rings is 1. The van der Waals surface area contributed by atoms with Crippen LogP contribution in [0.15, 0.2) is 60.7 Å². The Hall–Kier alpha value is -2.33. The van der Waals surface area contributed by atoms with Crippen molar-refractivity contribution in [3.63, 3.8) is 0 Å². The number of carboxylic acid groups (broad SMARTS) is 1. The summed E-state index contributed by atoms with van der Waals surface area (Å²) in [5.74, 6) is -0.741. The summed E-state index contributed by atoms with van der Waals surface area (Å²) in [4.78, 5) is 16.0. The minimum Gasteiger partial charge on any atom is -0.481 e. The van der Waals surface area contributed by atoms with E-state index in [2.05, 4.69) is 53.1 Å². The van der Waals surface area contributed by atoms with E-state index in [0.717, 1.165) is 25.3 Å². The smallest absolute Gasteiger partial charge is 0.305 e. The Bertz CT molecular complexity index is 660. The van der Waals surface area contributed by atoms with Crippen molar-refractivity contribution in [3.8, 4) is 0 Å². The van der Waals surface area contributed by atoms with Gasteiger partial charge in [0.2, 0.25) is 0 Å². The van der Waals surface area contributed by atoms with E-state index in [4.69, 9.17) is 0 Å². The summed E-state index contributed by atoms with van der Waals surface area (Å²) in [6, 6.07) is 20.9. The minimum absolute atomic E-state index is 0.00943. The first-order valence-corrected chi connectivity index (χ1v) is 8.45. The molecular formula is C20H24N2O2. The molecule has 0 aliphatic carbocycles. The van der Waals surface area contributed by atoms with Gasteiger partial charge in [-0.3, -0.25) is 9.69 Å². The highest BCUT2D eigenvalue weighted by Crippen LogP contribution is 2.26. The molecule has 2 atom stereocenters. The van der Waals surface area contributed by atoms with Crippen LogP contribution in [0.5, 0.6) is 0 Å². The number of rotatable bonds is 5. The molecule has 0 amide bonds. The highest BCUT2D eigenvalue weighted by molar-refractivity contribution is 5.68. The largest absolute Gasteiger partial charge is 0.481 e. The zero-order valence-corrected chi connectivity index (χ0v) is 14.0. The summed E-state index contributed by atoms with van der Waals surface area (Å²) >= 11 is 0. The number of anilines is 1. The van der Waals surface area contributed by atoms with Crippen LogP contribution in [0.3, 0.4) is 0 Å². The highest BCUT2D eigenvalue weighted by atomic mass is 16.4. The molecule has 4 nitrogen and oxygen atoms in total. The van der Waals surface area contributed by atoms with Gasteiger partial charge in [0.05, 0.1) is 12.5 Å². The van der Waals surface area contributed by atoms with Gasteiger partial charge >= 0.3 is 5.97 Å².